The van der Waals surface area contributed by atoms with Crippen LogP contribution in [-0.4, -0.2) is 13.1 Å². The summed E-state index contributed by atoms with van der Waals surface area (Å²) in [7, 11) is 0.482. The summed E-state index contributed by atoms with van der Waals surface area (Å²) >= 11 is 1.60. The largest absolute Gasteiger partial charge is 0.403 e. The van der Waals surface area contributed by atoms with Gasteiger partial charge in [0.25, 0.3) is 13.1 Å². The van der Waals surface area contributed by atoms with Crippen LogP contribution in [0.5, 0.6) is 0 Å². The Hall–Kier alpha value is 0.265. The first-order valence-electron chi connectivity index (χ1n) is 2.77. The van der Waals surface area contributed by atoms with E-state index in [0.717, 1.165) is 0 Å². The van der Waals surface area contributed by atoms with Crippen LogP contribution in [0, 0.1) is 0 Å². The second-order valence-corrected chi connectivity index (χ2v) is 3.63. The van der Waals surface area contributed by atoms with E-state index in [9.17, 15) is 4.79 Å². The molecular formula is C5H10BIO2. The monoisotopic (exact) mass is 240 g/mol. The molecule has 2 nitrogen and oxygen atoms in total. The summed E-state index contributed by atoms with van der Waals surface area (Å²) in [6.45, 7) is 6.00. The van der Waals surface area contributed by atoms with Gasteiger partial charge in [0.15, 0.2) is 23.0 Å². The van der Waals surface area contributed by atoms with Gasteiger partial charge in [0.1, 0.15) is 0 Å². The van der Waals surface area contributed by atoms with Crippen molar-refractivity contribution in [1.29, 1.82) is 0 Å². The maximum atomic E-state index is 10.6. The van der Waals surface area contributed by atoms with Gasteiger partial charge in [-0.2, -0.15) is 0 Å². The molecule has 0 aromatic heterocycles. The van der Waals surface area contributed by atoms with Crippen LogP contribution in [0.3, 0.4) is 0 Å². The predicted molar refractivity (Wildman–Crippen MR) is 47.4 cm³/mol. The fraction of sp³-hybridized carbons (Fsp3) is 0.800. The van der Waals surface area contributed by atoms with Gasteiger partial charge in [-0.05, 0) is 0 Å². The van der Waals surface area contributed by atoms with Gasteiger partial charge in [0.05, 0.1) is 0 Å². The van der Waals surface area contributed by atoms with Gasteiger partial charge in [-0.3, -0.25) is 4.79 Å². The van der Waals surface area contributed by atoms with E-state index in [1.807, 2.05) is 20.8 Å². The molecule has 0 aliphatic rings. The van der Waals surface area contributed by atoms with Crippen molar-refractivity contribution in [3.63, 3.8) is 0 Å². The average molecular weight is 240 g/mol. The lowest BCUT2D eigenvalue weighted by Crippen LogP contribution is -2.17. The van der Waals surface area contributed by atoms with E-state index in [1.54, 1.807) is 23.0 Å². The number of carbonyl (C=O) groups excluding carboxylic acids is 1. The second kappa shape index (κ2) is 3.44. The van der Waals surface area contributed by atoms with Gasteiger partial charge in [0, 0.05) is 0 Å². The van der Waals surface area contributed by atoms with Crippen LogP contribution in [0.1, 0.15) is 20.8 Å². The molecule has 4 heteroatoms. The van der Waals surface area contributed by atoms with E-state index in [2.05, 4.69) is 3.07 Å². The summed E-state index contributed by atoms with van der Waals surface area (Å²) in [5, 5.41) is 0.0439. The lowest BCUT2D eigenvalue weighted by molar-refractivity contribution is 0.237. The topological polar surface area (TPSA) is 26.3 Å². The lowest BCUT2D eigenvalue weighted by atomic mass is 9.55. The minimum atomic E-state index is -0.150. The first-order chi connectivity index (χ1) is 3.95. The van der Waals surface area contributed by atoms with Crippen molar-refractivity contribution in [2.24, 2.45) is 0 Å². The van der Waals surface area contributed by atoms with E-state index in [4.69, 9.17) is 0 Å². The van der Waals surface area contributed by atoms with E-state index in [0.29, 0.717) is 7.28 Å². The third kappa shape index (κ3) is 6.15. The molecular weight excluding hydrogens is 230 g/mol. The standard InChI is InChI=1S/C5H10BIO2/c1-5(2,3)6-4(8)9-7/h6H,1-3H3. The zero-order valence-electron chi connectivity index (χ0n) is 5.90. The van der Waals surface area contributed by atoms with Crippen molar-refractivity contribution >= 4 is 36.2 Å². The Balaban J connectivity index is 3.60. The zero-order chi connectivity index (χ0) is 7.49. The third-order valence-electron chi connectivity index (χ3n) is 0.761. The molecule has 0 unspecified atom stereocenters. The molecule has 9 heavy (non-hydrogen) atoms. The highest BCUT2D eigenvalue weighted by Crippen LogP contribution is 2.20. The van der Waals surface area contributed by atoms with E-state index < -0.39 is 0 Å². The van der Waals surface area contributed by atoms with Crippen molar-refractivity contribution in [1.82, 2.24) is 0 Å². The molecule has 0 saturated heterocycles. The highest BCUT2D eigenvalue weighted by Gasteiger charge is 2.19. The Bertz CT molecular complexity index is 108. The Labute approximate surface area is 70.3 Å². The van der Waals surface area contributed by atoms with Crippen molar-refractivity contribution in [3.8, 4) is 0 Å². The minimum Gasteiger partial charge on any atom is -0.403 e. The lowest BCUT2D eigenvalue weighted by Gasteiger charge is -2.12. The number of carbonyl (C=O) groups is 1. The van der Waals surface area contributed by atoms with E-state index in [-0.39, 0.29) is 11.2 Å². The first-order valence-corrected chi connectivity index (χ1v) is 3.65. The summed E-state index contributed by atoms with van der Waals surface area (Å²) in [6, 6.07) is 0. The molecule has 0 radical (unpaired) electrons. The SMILES string of the molecule is CC(C)(C)BC(=O)OI. The molecule has 0 atom stereocenters. The molecule has 0 heterocycles. The molecule has 0 N–H and O–H groups in total. The normalized spacial score (nSPS) is 10.7. The second-order valence-electron chi connectivity index (χ2n) is 3.19. The van der Waals surface area contributed by atoms with Gasteiger partial charge in [-0.1, -0.05) is 26.1 Å². The molecule has 0 spiro atoms. The summed E-state index contributed by atoms with van der Waals surface area (Å²) in [5.74, 6) is -0.150. The van der Waals surface area contributed by atoms with Crippen LogP contribution in [-0.2, 0) is 3.07 Å². The Morgan fingerprint density at radius 3 is 2.11 bits per heavy atom. The van der Waals surface area contributed by atoms with Crippen LogP contribution >= 0.6 is 23.0 Å². The van der Waals surface area contributed by atoms with Gasteiger partial charge in [-0.25, -0.2) is 0 Å². The fourth-order valence-electron chi connectivity index (χ4n) is 0.460. The van der Waals surface area contributed by atoms with Crippen LogP contribution in [0.4, 0.5) is 4.79 Å². The van der Waals surface area contributed by atoms with Gasteiger partial charge in [-0.15, -0.1) is 0 Å². The van der Waals surface area contributed by atoms with Crippen molar-refractivity contribution < 1.29 is 7.86 Å². The molecule has 0 fully saturated rings. The Morgan fingerprint density at radius 2 is 2.00 bits per heavy atom. The van der Waals surface area contributed by atoms with Gasteiger partial charge in [0.2, 0.25) is 0 Å². The Kier molecular flexibility index (Phi) is 3.54. The molecule has 0 saturated carbocycles. The third-order valence-corrected chi connectivity index (χ3v) is 1.25. The quantitative estimate of drug-likeness (QED) is 0.518. The molecule has 0 rings (SSSR count). The summed E-state index contributed by atoms with van der Waals surface area (Å²) in [6.07, 6.45) is 0. The molecule has 0 aromatic carbocycles. The highest BCUT2D eigenvalue weighted by atomic mass is 127. The van der Waals surface area contributed by atoms with Crippen LogP contribution in [0.25, 0.3) is 0 Å². The first kappa shape index (κ1) is 9.26. The average Bonchev–Trinajstić information content (AvgIpc) is 1.62. The van der Waals surface area contributed by atoms with Crippen LogP contribution in [0.15, 0.2) is 0 Å². The number of hydrogen-bond donors (Lipinski definition) is 0. The van der Waals surface area contributed by atoms with Crippen molar-refractivity contribution in [2.75, 3.05) is 0 Å². The van der Waals surface area contributed by atoms with Crippen LogP contribution < -0.4 is 0 Å². The smallest absolute Gasteiger partial charge is 0.266 e. The maximum absolute atomic E-state index is 10.6. The van der Waals surface area contributed by atoms with Crippen molar-refractivity contribution in [3.05, 3.63) is 0 Å². The van der Waals surface area contributed by atoms with E-state index in [1.165, 1.54) is 0 Å². The number of halogens is 1. The van der Waals surface area contributed by atoms with Crippen LogP contribution in [0.2, 0.25) is 5.31 Å². The predicted octanol–water partition coefficient (Wildman–Crippen LogP) is 2.13. The number of rotatable bonds is 1. The Morgan fingerprint density at radius 1 is 1.56 bits per heavy atom. The molecule has 0 aliphatic carbocycles. The van der Waals surface area contributed by atoms with Gasteiger partial charge < -0.3 is 3.07 Å². The zero-order valence-corrected chi connectivity index (χ0v) is 8.06. The molecule has 52 valence electrons. The maximum Gasteiger partial charge on any atom is 0.266 e. The summed E-state index contributed by atoms with van der Waals surface area (Å²) in [5.41, 5.74) is 0. The van der Waals surface area contributed by atoms with Gasteiger partial charge >= 0.3 is 0 Å². The minimum absolute atomic E-state index is 0.0439. The molecule has 0 amide bonds. The molecule has 0 aromatic rings. The van der Waals surface area contributed by atoms with E-state index >= 15 is 0 Å². The molecule has 0 bridgehead atoms. The number of hydrogen-bond acceptors (Lipinski definition) is 2. The summed E-state index contributed by atoms with van der Waals surface area (Å²) < 4.78 is 4.46. The fourth-order valence-corrected chi connectivity index (χ4v) is 0.616. The van der Waals surface area contributed by atoms with Crippen molar-refractivity contribution in [2.45, 2.75) is 26.1 Å². The molecule has 0 aliphatic heterocycles. The highest BCUT2D eigenvalue weighted by molar-refractivity contribution is 14.1. The summed E-state index contributed by atoms with van der Waals surface area (Å²) in [4.78, 5) is 10.6.